The van der Waals surface area contributed by atoms with Gasteiger partial charge < -0.3 is 14.5 Å². The summed E-state index contributed by atoms with van der Waals surface area (Å²) >= 11 is 6.15. The largest absolute Gasteiger partial charge is 0.497 e. The fourth-order valence-corrected chi connectivity index (χ4v) is 4.92. The Morgan fingerprint density at radius 2 is 1.71 bits per heavy atom. The van der Waals surface area contributed by atoms with Crippen molar-refractivity contribution in [3.05, 3.63) is 100 Å². The predicted octanol–water partition coefficient (Wildman–Crippen LogP) is 4.09. The van der Waals surface area contributed by atoms with E-state index in [1.165, 1.54) is 0 Å². The van der Waals surface area contributed by atoms with Gasteiger partial charge in [-0.3, -0.25) is 9.59 Å². The van der Waals surface area contributed by atoms with Gasteiger partial charge in [0.25, 0.3) is 5.91 Å². The zero-order valence-electron chi connectivity index (χ0n) is 17.0. The van der Waals surface area contributed by atoms with Crippen LogP contribution in [-0.2, 0) is 16.9 Å². The van der Waals surface area contributed by atoms with E-state index in [1.54, 1.807) is 19.2 Å². The minimum absolute atomic E-state index is 0.0351. The van der Waals surface area contributed by atoms with Crippen molar-refractivity contribution < 1.29 is 14.3 Å². The number of fused-ring (bicyclic) bond motifs is 3. The van der Waals surface area contributed by atoms with Crippen molar-refractivity contribution in [1.29, 1.82) is 0 Å². The molecule has 2 aliphatic rings. The summed E-state index contributed by atoms with van der Waals surface area (Å²) in [7, 11) is 1.61. The number of rotatable bonds is 4. The molecular weight excluding hydrogens is 412 g/mol. The average Bonchev–Trinajstić information content (AvgIpc) is 3.31. The van der Waals surface area contributed by atoms with Gasteiger partial charge in [0.1, 0.15) is 5.75 Å². The van der Waals surface area contributed by atoms with Crippen molar-refractivity contribution in [2.75, 3.05) is 20.2 Å². The SMILES string of the molecule is COc1ccc(CC(=O)N2CCN3C(=O)c4ccccc4C23c2ccc(Cl)cc2)cc1. The van der Waals surface area contributed by atoms with E-state index in [0.717, 1.165) is 22.4 Å². The normalized spacial score (nSPS) is 19.4. The second kappa shape index (κ2) is 7.43. The lowest BCUT2D eigenvalue weighted by Crippen LogP contribution is -2.52. The molecular formula is C25H21ClN2O3. The van der Waals surface area contributed by atoms with Crippen molar-refractivity contribution in [3.63, 3.8) is 0 Å². The topological polar surface area (TPSA) is 49.9 Å². The number of carbonyl (C=O) groups excluding carboxylic acids is 2. The predicted molar refractivity (Wildman–Crippen MR) is 118 cm³/mol. The molecule has 1 saturated heterocycles. The maximum atomic E-state index is 13.6. The summed E-state index contributed by atoms with van der Waals surface area (Å²) in [6, 6.07) is 22.5. The fraction of sp³-hybridized carbons (Fsp3) is 0.200. The zero-order valence-corrected chi connectivity index (χ0v) is 17.8. The van der Waals surface area contributed by atoms with E-state index in [9.17, 15) is 9.59 Å². The number of nitrogens with zero attached hydrogens (tertiary/aromatic N) is 2. The first-order valence-corrected chi connectivity index (χ1v) is 10.5. The van der Waals surface area contributed by atoms with Crippen LogP contribution in [0.3, 0.4) is 0 Å². The molecule has 0 spiro atoms. The van der Waals surface area contributed by atoms with Gasteiger partial charge in [-0.2, -0.15) is 0 Å². The lowest BCUT2D eigenvalue weighted by molar-refractivity contribution is -0.135. The van der Waals surface area contributed by atoms with E-state index in [-0.39, 0.29) is 18.2 Å². The second-order valence-electron chi connectivity index (χ2n) is 7.75. The zero-order chi connectivity index (χ0) is 21.6. The Kier molecular flexibility index (Phi) is 4.71. The lowest BCUT2D eigenvalue weighted by Gasteiger charge is -2.40. The van der Waals surface area contributed by atoms with Crippen molar-refractivity contribution in [1.82, 2.24) is 9.80 Å². The van der Waals surface area contributed by atoms with Crippen LogP contribution in [0, 0.1) is 0 Å². The molecule has 2 amide bonds. The van der Waals surface area contributed by atoms with E-state index in [1.807, 2.05) is 70.5 Å². The highest BCUT2D eigenvalue weighted by Gasteiger charge is 2.59. The Labute approximate surface area is 185 Å². The third kappa shape index (κ3) is 2.92. The molecule has 1 unspecified atom stereocenters. The quantitative estimate of drug-likeness (QED) is 0.624. The summed E-state index contributed by atoms with van der Waals surface area (Å²) in [4.78, 5) is 30.5. The molecule has 156 valence electrons. The number of benzene rings is 3. The molecule has 0 aromatic heterocycles. The summed E-state index contributed by atoms with van der Waals surface area (Å²) in [5.74, 6) is 0.661. The van der Waals surface area contributed by atoms with Gasteiger partial charge >= 0.3 is 0 Å². The van der Waals surface area contributed by atoms with Crippen molar-refractivity contribution in [2.24, 2.45) is 0 Å². The van der Waals surface area contributed by atoms with Crippen molar-refractivity contribution in [3.8, 4) is 5.75 Å². The van der Waals surface area contributed by atoms with Crippen LogP contribution in [0.5, 0.6) is 5.75 Å². The molecule has 5 nitrogen and oxygen atoms in total. The van der Waals surface area contributed by atoms with Crippen molar-refractivity contribution in [2.45, 2.75) is 12.1 Å². The van der Waals surface area contributed by atoms with E-state index >= 15 is 0 Å². The van der Waals surface area contributed by atoms with Crippen LogP contribution in [0.2, 0.25) is 5.02 Å². The Morgan fingerprint density at radius 1 is 1.00 bits per heavy atom. The van der Waals surface area contributed by atoms with Gasteiger partial charge in [0.05, 0.1) is 13.5 Å². The molecule has 31 heavy (non-hydrogen) atoms. The summed E-state index contributed by atoms with van der Waals surface area (Å²) in [6.07, 6.45) is 0.240. The highest BCUT2D eigenvalue weighted by Crippen LogP contribution is 2.49. The number of halogens is 1. The molecule has 0 bridgehead atoms. The van der Waals surface area contributed by atoms with Crippen LogP contribution >= 0.6 is 11.6 Å². The monoisotopic (exact) mass is 432 g/mol. The highest BCUT2D eigenvalue weighted by molar-refractivity contribution is 6.30. The minimum Gasteiger partial charge on any atom is -0.497 e. The number of carbonyl (C=O) groups is 2. The number of hydrogen-bond acceptors (Lipinski definition) is 3. The summed E-state index contributed by atoms with van der Waals surface area (Å²) in [6.45, 7) is 0.947. The first-order chi connectivity index (χ1) is 15.1. The first-order valence-electron chi connectivity index (χ1n) is 10.2. The molecule has 0 N–H and O–H groups in total. The maximum Gasteiger partial charge on any atom is 0.256 e. The lowest BCUT2D eigenvalue weighted by atomic mass is 9.89. The van der Waals surface area contributed by atoms with Gasteiger partial charge in [-0.1, -0.05) is 54.1 Å². The minimum atomic E-state index is -0.957. The van der Waals surface area contributed by atoms with Gasteiger partial charge in [-0.15, -0.1) is 0 Å². The molecule has 5 rings (SSSR count). The van der Waals surface area contributed by atoms with Gasteiger partial charge in [-0.05, 0) is 35.9 Å². The smallest absolute Gasteiger partial charge is 0.256 e. The Morgan fingerprint density at radius 3 is 2.42 bits per heavy atom. The molecule has 2 heterocycles. The molecule has 0 radical (unpaired) electrons. The number of hydrogen-bond donors (Lipinski definition) is 0. The van der Waals surface area contributed by atoms with Crippen LogP contribution in [-0.4, -0.2) is 41.8 Å². The molecule has 3 aromatic rings. The molecule has 3 aromatic carbocycles. The number of amides is 2. The van der Waals surface area contributed by atoms with Crippen LogP contribution in [0.4, 0.5) is 0 Å². The van der Waals surface area contributed by atoms with E-state index in [0.29, 0.717) is 23.7 Å². The highest BCUT2D eigenvalue weighted by atomic mass is 35.5. The summed E-state index contributed by atoms with van der Waals surface area (Å²) in [5.41, 5.74) is 2.27. The Hall–Kier alpha value is -3.31. The van der Waals surface area contributed by atoms with Gasteiger partial charge in [0, 0.05) is 34.8 Å². The van der Waals surface area contributed by atoms with Crippen LogP contribution in [0.25, 0.3) is 0 Å². The third-order valence-electron chi connectivity index (χ3n) is 6.17. The van der Waals surface area contributed by atoms with Crippen LogP contribution in [0.15, 0.2) is 72.8 Å². The Balaban J connectivity index is 1.61. The van der Waals surface area contributed by atoms with E-state index < -0.39 is 5.66 Å². The van der Waals surface area contributed by atoms with E-state index in [2.05, 4.69) is 0 Å². The number of methoxy groups -OCH3 is 1. The molecule has 2 aliphatic heterocycles. The maximum absolute atomic E-state index is 13.6. The number of ether oxygens (including phenoxy) is 1. The van der Waals surface area contributed by atoms with Crippen LogP contribution < -0.4 is 4.74 Å². The molecule has 6 heteroatoms. The molecule has 1 atom stereocenters. The molecule has 0 aliphatic carbocycles. The van der Waals surface area contributed by atoms with Gasteiger partial charge in [0.2, 0.25) is 5.91 Å². The third-order valence-corrected chi connectivity index (χ3v) is 6.42. The van der Waals surface area contributed by atoms with E-state index in [4.69, 9.17) is 16.3 Å². The molecule has 1 fully saturated rings. The first kappa shape index (κ1) is 19.6. The van der Waals surface area contributed by atoms with Crippen LogP contribution in [0.1, 0.15) is 27.0 Å². The van der Waals surface area contributed by atoms with Gasteiger partial charge in [-0.25, -0.2) is 0 Å². The average molecular weight is 433 g/mol. The summed E-state index contributed by atoms with van der Waals surface area (Å²) < 4.78 is 5.21. The standard InChI is InChI=1S/C25H21ClN2O3/c1-31-20-12-6-17(7-13-20)16-23(29)27-14-15-28-24(30)21-4-2-3-5-22(21)25(27,28)18-8-10-19(26)11-9-18/h2-13H,14-16H2,1H3. The van der Waals surface area contributed by atoms with Gasteiger partial charge in [0.15, 0.2) is 5.66 Å². The fourth-order valence-electron chi connectivity index (χ4n) is 4.80. The molecule has 0 saturated carbocycles. The summed E-state index contributed by atoms with van der Waals surface area (Å²) in [5, 5.41) is 0.610. The second-order valence-corrected chi connectivity index (χ2v) is 8.19. The Bertz CT molecular complexity index is 1160. The van der Waals surface area contributed by atoms with Crippen molar-refractivity contribution >= 4 is 23.4 Å².